The molecule has 0 aliphatic carbocycles. The average molecular weight is 671 g/mol. The summed E-state index contributed by atoms with van der Waals surface area (Å²) >= 11 is 0. The van der Waals surface area contributed by atoms with E-state index in [2.05, 4.69) is 222 Å². The van der Waals surface area contributed by atoms with Crippen LogP contribution >= 0.6 is 0 Å². The number of hydrogen-bond donors (Lipinski definition) is 0. The van der Waals surface area contributed by atoms with E-state index in [4.69, 9.17) is 0 Å². The summed E-state index contributed by atoms with van der Waals surface area (Å²) in [5.41, 5.74) is 17.9. The van der Waals surface area contributed by atoms with Gasteiger partial charge in [0.25, 0.3) is 0 Å². The predicted octanol–water partition coefficient (Wildman–Crippen LogP) is 13.6. The minimum absolute atomic E-state index is 0.201. The van der Waals surface area contributed by atoms with Gasteiger partial charge in [0.15, 0.2) is 0 Å². The van der Waals surface area contributed by atoms with E-state index in [-0.39, 0.29) is 11.8 Å². The van der Waals surface area contributed by atoms with Gasteiger partial charge in [-0.15, -0.1) is 0 Å². The Morgan fingerprint density at radius 3 is 0.904 bits per heavy atom. The second-order valence-corrected chi connectivity index (χ2v) is 14.1. The molecule has 0 heterocycles. The summed E-state index contributed by atoms with van der Waals surface area (Å²) in [5, 5.41) is 0. The molecular formula is C52H46. The standard InChI is InChI=1S/C52H46/c1-37-15-33-49(39(3)35-37)51(45-11-7-5-8-12-45)47-29-25-43(26-30-47)23-21-41-17-19-42(20-18-41)22-24-44-27-31-48(32-28-44)52(46-13-9-6-10-14-46)50-34-16-38(2)36-40(50)4/h5-36,51-52H,1-4H3. The zero-order chi connectivity index (χ0) is 35.9. The van der Waals surface area contributed by atoms with Gasteiger partial charge in [0.1, 0.15) is 0 Å². The summed E-state index contributed by atoms with van der Waals surface area (Å²) < 4.78 is 0. The fourth-order valence-corrected chi connectivity index (χ4v) is 7.40. The van der Waals surface area contributed by atoms with Gasteiger partial charge in [0.05, 0.1) is 0 Å². The number of rotatable bonds is 10. The van der Waals surface area contributed by atoms with Crippen molar-refractivity contribution in [3.63, 3.8) is 0 Å². The van der Waals surface area contributed by atoms with Gasteiger partial charge in [0, 0.05) is 11.8 Å². The van der Waals surface area contributed by atoms with Crippen LogP contribution in [0.5, 0.6) is 0 Å². The van der Waals surface area contributed by atoms with E-state index in [1.165, 1.54) is 77.9 Å². The van der Waals surface area contributed by atoms with Crippen molar-refractivity contribution in [3.8, 4) is 0 Å². The Morgan fingerprint density at radius 2 is 0.596 bits per heavy atom. The summed E-state index contributed by atoms with van der Waals surface area (Å²) in [6, 6.07) is 62.1. The Hall–Kier alpha value is -5.98. The first-order chi connectivity index (χ1) is 25.4. The molecule has 52 heavy (non-hydrogen) atoms. The average Bonchev–Trinajstić information content (AvgIpc) is 3.17. The molecule has 254 valence electrons. The number of hydrogen-bond acceptors (Lipinski definition) is 0. The third-order valence-electron chi connectivity index (χ3n) is 10.2. The monoisotopic (exact) mass is 670 g/mol. The molecule has 2 unspecified atom stereocenters. The van der Waals surface area contributed by atoms with Crippen molar-refractivity contribution in [1.29, 1.82) is 0 Å². The van der Waals surface area contributed by atoms with Crippen LogP contribution in [0.3, 0.4) is 0 Å². The molecule has 7 aromatic rings. The van der Waals surface area contributed by atoms with Gasteiger partial charge in [-0.05, 0) is 94.5 Å². The van der Waals surface area contributed by atoms with E-state index in [9.17, 15) is 0 Å². The van der Waals surface area contributed by atoms with Crippen molar-refractivity contribution in [2.75, 3.05) is 0 Å². The fraction of sp³-hybridized carbons (Fsp3) is 0.115. The predicted molar refractivity (Wildman–Crippen MR) is 224 cm³/mol. The molecule has 0 bridgehead atoms. The summed E-state index contributed by atoms with van der Waals surface area (Å²) in [6.45, 7) is 8.77. The van der Waals surface area contributed by atoms with Crippen molar-refractivity contribution in [2.45, 2.75) is 39.5 Å². The SMILES string of the molecule is Cc1ccc(C(c2ccccc2)c2ccc(C=Cc3ccc(C=Cc4ccc(C(c5ccccc5)c5ccc(C)cc5C)cc4)cc3)cc2)c(C)c1. The molecule has 0 N–H and O–H groups in total. The first-order valence-electron chi connectivity index (χ1n) is 18.3. The summed E-state index contributed by atoms with van der Waals surface area (Å²) in [6.07, 6.45) is 8.79. The van der Waals surface area contributed by atoms with Gasteiger partial charge in [-0.3, -0.25) is 0 Å². The highest BCUT2D eigenvalue weighted by Gasteiger charge is 2.20. The highest BCUT2D eigenvalue weighted by molar-refractivity contribution is 5.73. The Kier molecular flexibility index (Phi) is 10.6. The molecule has 0 spiro atoms. The van der Waals surface area contributed by atoms with Crippen LogP contribution in [0.2, 0.25) is 0 Å². The molecule has 0 fully saturated rings. The Morgan fingerprint density at radius 1 is 0.308 bits per heavy atom. The minimum atomic E-state index is 0.201. The quantitative estimate of drug-likeness (QED) is 0.100. The lowest BCUT2D eigenvalue weighted by Crippen LogP contribution is -2.05. The smallest absolute Gasteiger partial charge is 0.0342 e. The maximum atomic E-state index is 2.29. The lowest BCUT2D eigenvalue weighted by Gasteiger charge is -2.21. The maximum absolute atomic E-state index is 2.29. The molecule has 0 heteroatoms. The van der Waals surface area contributed by atoms with Crippen LogP contribution in [0.25, 0.3) is 24.3 Å². The van der Waals surface area contributed by atoms with Crippen LogP contribution in [0.15, 0.2) is 170 Å². The van der Waals surface area contributed by atoms with Crippen molar-refractivity contribution in [1.82, 2.24) is 0 Å². The van der Waals surface area contributed by atoms with Crippen molar-refractivity contribution < 1.29 is 0 Å². The molecule has 7 rings (SSSR count). The van der Waals surface area contributed by atoms with E-state index in [0.717, 1.165) is 0 Å². The molecule has 0 nitrogen and oxygen atoms in total. The molecule has 0 aliphatic rings. The largest absolute Gasteiger partial charge is 0.0622 e. The molecule has 0 saturated heterocycles. The van der Waals surface area contributed by atoms with Gasteiger partial charge in [-0.25, -0.2) is 0 Å². The van der Waals surface area contributed by atoms with E-state index >= 15 is 0 Å². The van der Waals surface area contributed by atoms with E-state index in [1.54, 1.807) is 0 Å². The second kappa shape index (κ2) is 15.9. The van der Waals surface area contributed by atoms with Gasteiger partial charge >= 0.3 is 0 Å². The van der Waals surface area contributed by atoms with E-state index in [1.807, 2.05) is 0 Å². The molecule has 0 radical (unpaired) electrons. The van der Waals surface area contributed by atoms with Crippen molar-refractivity contribution in [2.24, 2.45) is 0 Å². The van der Waals surface area contributed by atoms with Gasteiger partial charge in [-0.2, -0.15) is 0 Å². The summed E-state index contributed by atoms with van der Waals surface area (Å²) in [7, 11) is 0. The third kappa shape index (κ3) is 8.14. The van der Waals surface area contributed by atoms with Gasteiger partial charge < -0.3 is 0 Å². The normalized spacial score (nSPS) is 12.7. The molecule has 0 aromatic heterocycles. The molecule has 0 saturated carbocycles. The minimum Gasteiger partial charge on any atom is -0.0622 e. The molecule has 0 aliphatic heterocycles. The van der Waals surface area contributed by atoms with Gasteiger partial charge in [-0.1, -0.05) is 205 Å². The molecule has 2 atom stereocenters. The van der Waals surface area contributed by atoms with E-state index in [0.29, 0.717) is 0 Å². The Balaban J connectivity index is 1.03. The highest BCUT2D eigenvalue weighted by atomic mass is 14.2. The van der Waals surface area contributed by atoms with Crippen LogP contribution < -0.4 is 0 Å². The maximum Gasteiger partial charge on any atom is 0.0342 e. The lowest BCUT2D eigenvalue weighted by atomic mass is 9.82. The molecule has 7 aromatic carbocycles. The summed E-state index contributed by atoms with van der Waals surface area (Å²) in [5.74, 6) is 0.403. The summed E-state index contributed by atoms with van der Waals surface area (Å²) in [4.78, 5) is 0. The Bertz CT molecular complexity index is 2120. The van der Waals surface area contributed by atoms with Crippen LogP contribution in [0.4, 0.5) is 0 Å². The molecular weight excluding hydrogens is 625 g/mol. The fourth-order valence-electron chi connectivity index (χ4n) is 7.40. The zero-order valence-corrected chi connectivity index (χ0v) is 30.6. The van der Waals surface area contributed by atoms with Crippen molar-refractivity contribution >= 4 is 24.3 Å². The number of benzene rings is 7. The second-order valence-electron chi connectivity index (χ2n) is 14.1. The molecule has 0 amide bonds. The van der Waals surface area contributed by atoms with Crippen LogP contribution in [-0.4, -0.2) is 0 Å². The highest BCUT2D eigenvalue weighted by Crippen LogP contribution is 2.36. The van der Waals surface area contributed by atoms with E-state index < -0.39 is 0 Å². The Labute approximate surface area is 310 Å². The third-order valence-corrected chi connectivity index (χ3v) is 10.2. The first-order valence-corrected chi connectivity index (χ1v) is 18.3. The lowest BCUT2D eigenvalue weighted by molar-refractivity contribution is 0.960. The van der Waals surface area contributed by atoms with Crippen LogP contribution in [0.1, 0.15) is 89.7 Å². The van der Waals surface area contributed by atoms with Crippen molar-refractivity contribution in [3.05, 3.63) is 248 Å². The topological polar surface area (TPSA) is 0 Å². The van der Waals surface area contributed by atoms with Gasteiger partial charge in [0.2, 0.25) is 0 Å². The first kappa shape index (κ1) is 34.5. The van der Waals surface area contributed by atoms with Crippen LogP contribution in [0, 0.1) is 27.7 Å². The zero-order valence-electron chi connectivity index (χ0n) is 30.6. The number of aryl methyl sites for hydroxylation is 4. The van der Waals surface area contributed by atoms with Crippen LogP contribution in [-0.2, 0) is 0 Å².